The molecule has 0 unspecified atom stereocenters. The maximum Gasteiger partial charge on any atom is 0.258 e. The summed E-state index contributed by atoms with van der Waals surface area (Å²) in [5, 5.41) is 18.9. The molecule has 2 aromatic rings. The molecule has 2 rings (SSSR count). The Labute approximate surface area is 119 Å². The first-order valence-electron chi connectivity index (χ1n) is 5.30. The molecule has 1 aromatic carbocycles. The fourth-order valence-electron chi connectivity index (χ4n) is 1.48. The van der Waals surface area contributed by atoms with E-state index in [1.165, 1.54) is 6.07 Å². The highest BCUT2D eigenvalue weighted by atomic mass is 35.5. The van der Waals surface area contributed by atoms with Gasteiger partial charge in [-0.1, -0.05) is 41.4 Å². The number of aromatic nitrogens is 2. The SMILES string of the molecule is O=C(Nc1ccccc1CO)c1cc(Cl)nnc1Cl. The second-order valence-corrected chi connectivity index (χ2v) is 4.39. The van der Waals surface area contributed by atoms with Gasteiger partial charge in [-0.2, -0.15) is 0 Å². The average Bonchev–Trinajstić information content (AvgIpc) is 2.42. The van der Waals surface area contributed by atoms with E-state index in [1.54, 1.807) is 24.3 Å². The van der Waals surface area contributed by atoms with Crippen molar-refractivity contribution in [2.24, 2.45) is 0 Å². The number of amides is 1. The molecule has 0 spiro atoms. The van der Waals surface area contributed by atoms with Crippen LogP contribution in [-0.2, 0) is 6.61 Å². The Kier molecular flexibility index (Phi) is 4.31. The zero-order valence-electron chi connectivity index (χ0n) is 9.60. The summed E-state index contributed by atoms with van der Waals surface area (Å²) in [4.78, 5) is 12.1. The Morgan fingerprint density at radius 3 is 2.74 bits per heavy atom. The van der Waals surface area contributed by atoms with Gasteiger partial charge in [0.1, 0.15) is 0 Å². The maximum absolute atomic E-state index is 12.1. The van der Waals surface area contributed by atoms with E-state index in [1.807, 2.05) is 0 Å². The van der Waals surface area contributed by atoms with Gasteiger partial charge in [0.15, 0.2) is 10.3 Å². The van der Waals surface area contributed by atoms with Gasteiger partial charge in [-0.3, -0.25) is 4.79 Å². The average molecular weight is 298 g/mol. The molecule has 98 valence electrons. The van der Waals surface area contributed by atoms with Gasteiger partial charge < -0.3 is 10.4 Å². The minimum absolute atomic E-state index is 0.0385. The van der Waals surface area contributed by atoms with Crippen LogP contribution < -0.4 is 5.32 Å². The number of hydrogen-bond donors (Lipinski definition) is 2. The van der Waals surface area contributed by atoms with E-state index in [0.717, 1.165) is 0 Å². The lowest BCUT2D eigenvalue weighted by Gasteiger charge is -2.09. The lowest BCUT2D eigenvalue weighted by atomic mass is 10.2. The van der Waals surface area contributed by atoms with Crippen LogP contribution in [0.5, 0.6) is 0 Å². The first-order valence-corrected chi connectivity index (χ1v) is 6.06. The van der Waals surface area contributed by atoms with Crippen LogP contribution in [-0.4, -0.2) is 21.2 Å². The van der Waals surface area contributed by atoms with Crippen LogP contribution >= 0.6 is 23.2 Å². The van der Waals surface area contributed by atoms with Gasteiger partial charge >= 0.3 is 0 Å². The molecule has 19 heavy (non-hydrogen) atoms. The van der Waals surface area contributed by atoms with Gasteiger partial charge in [0, 0.05) is 11.3 Å². The monoisotopic (exact) mass is 297 g/mol. The minimum atomic E-state index is -0.470. The summed E-state index contributed by atoms with van der Waals surface area (Å²) in [5.41, 5.74) is 1.22. The van der Waals surface area contributed by atoms with Gasteiger partial charge in [0.05, 0.1) is 12.2 Å². The molecular formula is C12H9Cl2N3O2. The third kappa shape index (κ3) is 3.20. The number of aliphatic hydroxyl groups excluding tert-OH is 1. The molecule has 0 atom stereocenters. The van der Waals surface area contributed by atoms with Crippen molar-refractivity contribution in [3.05, 3.63) is 51.8 Å². The zero-order chi connectivity index (χ0) is 13.8. The second-order valence-electron chi connectivity index (χ2n) is 3.64. The van der Waals surface area contributed by atoms with Crippen LogP contribution in [0.3, 0.4) is 0 Å². The maximum atomic E-state index is 12.1. The zero-order valence-corrected chi connectivity index (χ0v) is 11.1. The van der Waals surface area contributed by atoms with Crippen molar-refractivity contribution in [2.75, 3.05) is 5.32 Å². The van der Waals surface area contributed by atoms with Crippen molar-refractivity contribution >= 4 is 34.8 Å². The Hall–Kier alpha value is -1.69. The van der Waals surface area contributed by atoms with E-state index >= 15 is 0 Å². The number of nitrogens with zero attached hydrogens (tertiary/aromatic N) is 2. The highest BCUT2D eigenvalue weighted by molar-refractivity contribution is 6.34. The summed E-state index contributed by atoms with van der Waals surface area (Å²) in [5.74, 6) is -0.470. The predicted molar refractivity (Wildman–Crippen MR) is 72.4 cm³/mol. The van der Waals surface area contributed by atoms with Crippen LogP contribution in [0.15, 0.2) is 30.3 Å². The van der Waals surface area contributed by atoms with Gasteiger partial charge in [0.2, 0.25) is 0 Å². The van der Waals surface area contributed by atoms with E-state index in [9.17, 15) is 9.90 Å². The van der Waals surface area contributed by atoms with Crippen LogP contribution in [0.4, 0.5) is 5.69 Å². The normalized spacial score (nSPS) is 10.3. The highest BCUT2D eigenvalue weighted by Gasteiger charge is 2.14. The first-order chi connectivity index (χ1) is 9.11. The Morgan fingerprint density at radius 1 is 1.26 bits per heavy atom. The third-order valence-electron chi connectivity index (χ3n) is 2.40. The van der Waals surface area contributed by atoms with Crippen molar-refractivity contribution in [3.63, 3.8) is 0 Å². The first kappa shape index (κ1) is 13.7. The van der Waals surface area contributed by atoms with E-state index in [2.05, 4.69) is 15.5 Å². The number of carbonyl (C=O) groups is 1. The summed E-state index contributed by atoms with van der Waals surface area (Å²) in [6.45, 7) is -0.181. The molecule has 0 radical (unpaired) electrons. The molecule has 0 saturated heterocycles. The van der Waals surface area contributed by atoms with Crippen LogP contribution in [0.2, 0.25) is 10.3 Å². The number of rotatable bonds is 3. The molecule has 0 aliphatic carbocycles. The molecule has 7 heteroatoms. The fraction of sp³-hybridized carbons (Fsp3) is 0.0833. The Balaban J connectivity index is 2.28. The van der Waals surface area contributed by atoms with Gasteiger partial charge in [-0.15, -0.1) is 10.2 Å². The van der Waals surface area contributed by atoms with E-state index in [-0.39, 0.29) is 22.5 Å². The largest absolute Gasteiger partial charge is 0.392 e. The molecule has 5 nitrogen and oxygen atoms in total. The molecule has 0 saturated carbocycles. The molecule has 0 aliphatic heterocycles. The third-order valence-corrected chi connectivity index (χ3v) is 2.86. The van der Waals surface area contributed by atoms with Gasteiger partial charge in [-0.05, 0) is 12.1 Å². The molecule has 0 fully saturated rings. The van der Waals surface area contributed by atoms with E-state index in [4.69, 9.17) is 23.2 Å². The summed E-state index contributed by atoms with van der Waals surface area (Å²) in [6, 6.07) is 8.21. The van der Waals surface area contributed by atoms with Crippen molar-refractivity contribution in [2.45, 2.75) is 6.61 Å². The molecule has 0 bridgehead atoms. The van der Waals surface area contributed by atoms with E-state index in [0.29, 0.717) is 11.3 Å². The second kappa shape index (κ2) is 5.97. The van der Waals surface area contributed by atoms with Crippen LogP contribution in [0.25, 0.3) is 0 Å². The Morgan fingerprint density at radius 2 is 2.00 bits per heavy atom. The number of hydrogen-bond acceptors (Lipinski definition) is 4. The number of nitrogens with one attached hydrogen (secondary N) is 1. The quantitative estimate of drug-likeness (QED) is 0.913. The summed E-state index contributed by atoms with van der Waals surface area (Å²) >= 11 is 11.5. The summed E-state index contributed by atoms with van der Waals surface area (Å²) in [6.07, 6.45) is 0. The number of anilines is 1. The lowest BCUT2D eigenvalue weighted by Crippen LogP contribution is -2.14. The fourth-order valence-corrected chi connectivity index (χ4v) is 1.81. The summed E-state index contributed by atoms with van der Waals surface area (Å²) < 4.78 is 0. The number of benzene rings is 1. The van der Waals surface area contributed by atoms with Gasteiger partial charge in [0.25, 0.3) is 5.91 Å². The molecule has 1 aromatic heterocycles. The summed E-state index contributed by atoms with van der Waals surface area (Å²) in [7, 11) is 0. The molecular weight excluding hydrogens is 289 g/mol. The number of halogens is 2. The number of carbonyl (C=O) groups excluding carboxylic acids is 1. The van der Waals surface area contributed by atoms with E-state index < -0.39 is 5.91 Å². The van der Waals surface area contributed by atoms with Crippen LogP contribution in [0.1, 0.15) is 15.9 Å². The van der Waals surface area contributed by atoms with Gasteiger partial charge in [-0.25, -0.2) is 0 Å². The predicted octanol–water partition coefficient (Wildman–Crippen LogP) is 2.53. The standard InChI is InChI=1S/C12H9Cl2N3O2/c13-10-5-8(11(14)17-16-10)12(19)15-9-4-2-1-3-7(9)6-18/h1-5,18H,6H2,(H,15,19). The van der Waals surface area contributed by atoms with Crippen molar-refractivity contribution in [1.82, 2.24) is 10.2 Å². The number of aliphatic hydroxyl groups is 1. The molecule has 1 amide bonds. The number of para-hydroxylation sites is 1. The highest BCUT2D eigenvalue weighted by Crippen LogP contribution is 2.19. The van der Waals surface area contributed by atoms with Crippen molar-refractivity contribution < 1.29 is 9.90 Å². The van der Waals surface area contributed by atoms with Crippen molar-refractivity contribution in [1.29, 1.82) is 0 Å². The molecule has 1 heterocycles. The topological polar surface area (TPSA) is 75.1 Å². The molecule has 2 N–H and O–H groups in total. The lowest BCUT2D eigenvalue weighted by molar-refractivity contribution is 0.102. The minimum Gasteiger partial charge on any atom is -0.392 e. The smallest absolute Gasteiger partial charge is 0.258 e. The van der Waals surface area contributed by atoms with Crippen molar-refractivity contribution in [3.8, 4) is 0 Å². The Bertz CT molecular complexity index is 620. The molecule has 0 aliphatic rings. The van der Waals surface area contributed by atoms with Crippen LogP contribution in [0, 0.1) is 0 Å².